The zero-order chi connectivity index (χ0) is 28.1. The predicted octanol–water partition coefficient (Wildman–Crippen LogP) is 4.75. The summed E-state index contributed by atoms with van der Waals surface area (Å²) in [4.78, 5) is 20.6. The molecule has 2 aromatic rings. The van der Waals surface area contributed by atoms with E-state index in [4.69, 9.17) is 16.6 Å². The third-order valence-corrected chi connectivity index (χ3v) is 12.3. The van der Waals surface area contributed by atoms with E-state index in [1.165, 1.54) is 31.4 Å². The van der Waals surface area contributed by atoms with Gasteiger partial charge in [0.15, 0.2) is 6.04 Å². The van der Waals surface area contributed by atoms with Crippen molar-refractivity contribution in [2.24, 2.45) is 15.8 Å². The maximum atomic E-state index is 14.3. The van der Waals surface area contributed by atoms with Gasteiger partial charge in [-0.05, 0) is 75.8 Å². The molecule has 1 amide bonds. The summed E-state index contributed by atoms with van der Waals surface area (Å²) in [5.74, 6) is 0.341. The van der Waals surface area contributed by atoms with E-state index in [1.807, 2.05) is 18.7 Å². The lowest BCUT2D eigenvalue weighted by Gasteiger charge is -2.73. The average molecular weight is 585 g/mol. The lowest BCUT2D eigenvalue weighted by molar-refractivity contribution is -0.152. The van der Waals surface area contributed by atoms with Crippen LogP contribution in [0.15, 0.2) is 58.4 Å². The Balaban J connectivity index is 1.13. The van der Waals surface area contributed by atoms with Crippen LogP contribution in [-0.2, 0) is 21.4 Å². The topological polar surface area (TPSA) is 82.1 Å². The molecule has 7 nitrogen and oxygen atoms in total. The summed E-state index contributed by atoms with van der Waals surface area (Å²) in [6.45, 7) is 5.77. The molecule has 0 aromatic heterocycles. The number of aliphatic imine (C=N–C) groups is 1. The number of halogens is 2. The predicted molar refractivity (Wildman–Crippen MR) is 151 cm³/mol. The van der Waals surface area contributed by atoms with Crippen molar-refractivity contribution < 1.29 is 17.6 Å². The summed E-state index contributed by atoms with van der Waals surface area (Å²) in [6, 6.07) is 12.3. The zero-order valence-electron chi connectivity index (χ0n) is 22.8. The smallest absolute Gasteiger partial charge is 0.249 e. The van der Waals surface area contributed by atoms with Crippen molar-refractivity contribution in [2.45, 2.75) is 80.9 Å². The van der Waals surface area contributed by atoms with Gasteiger partial charge in [-0.3, -0.25) is 9.79 Å². The molecule has 40 heavy (non-hydrogen) atoms. The molecular weight excluding hydrogens is 551 g/mol. The molecule has 2 heterocycles. The average Bonchev–Trinajstić information content (AvgIpc) is 3.12. The SMILES string of the molecule is CC1(C)NC(C23CC(N(Cc4ccc(Cl)c(F)c4)S(=O)(=O)c4ccccc4)(C2)C3)=N[C@H]1C(=O)N1CC2(CCC2)C1. The number of amidine groups is 1. The Morgan fingerprint density at radius 3 is 2.40 bits per heavy atom. The molecule has 4 saturated carbocycles. The number of nitrogens with one attached hydrogen (secondary N) is 1. The van der Waals surface area contributed by atoms with Crippen LogP contribution in [0.1, 0.15) is 57.9 Å². The van der Waals surface area contributed by atoms with Crippen molar-refractivity contribution in [2.75, 3.05) is 13.1 Å². The Morgan fingerprint density at radius 1 is 1.12 bits per heavy atom. The number of nitrogens with zero attached hydrogens (tertiary/aromatic N) is 3. The molecular formula is C30H34ClFN4O3S. The first-order valence-corrected chi connectivity index (χ1v) is 15.9. The highest BCUT2D eigenvalue weighted by atomic mass is 35.5. The Labute approximate surface area is 239 Å². The highest BCUT2D eigenvalue weighted by molar-refractivity contribution is 7.89. The van der Waals surface area contributed by atoms with Gasteiger partial charge in [0.05, 0.1) is 15.5 Å². The minimum atomic E-state index is -3.86. The maximum Gasteiger partial charge on any atom is 0.249 e. The van der Waals surface area contributed by atoms with Gasteiger partial charge in [0, 0.05) is 36.0 Å². The number of hydrogen-bond donors (Lipinski definition) is 1. The van der Waals surface area contributed by atoms with Gasteiger partial charge in [-0.2, -0.15) is 4.31 Å². The number of carbonyl (C=O) groups is 1. The van der Waals surface area contributed by atoms with Gasteiger partial charge in [0.1, 0.15) is 11.7 Å². The van der Waals surface area contributed by atoms with E-state index in [-0.39, 0.29) is 27.8 Å². The Bertz CT molecular complexity index is 1510. The second-order valence-corrected chi connectivity index (χ2v) is 15.7. The standard InChI is InChI=1S/C30H34ClFN4O3S/c1-27(2)24(25(37)35-18-28(19-35)11-6-12-28)33-26(34-27)29-15-30(16-29,17-29)36(14-20-9-10-22(31)23(32)13-20)40(38,39)21-7-4-3-5-8-21/h3-5,7-10,13,24H,6,11-12,14-19H2,1-2H3,(H,33,34)/t24-,29?,30?/m0/s1. The Morgan fingerprint density at radius 2 is 1.80 bits per heavy atom. The van der Waals surface area contributed by atoms with Crippen LogP contribution in [-0.4, -0.2) is 59.6 Å². The molecule has 2 aliphatic heterocycles. The van der Waals surface area contributed by atoms with Crippen LogP contribution in [0.3, 0.4) is 0 Å². The van der Waals surface area contributed by atoms with Crippen LogP contribution in [0.25, 0.3) is 0 Å². The molecule has 8 rings (SSSR count). The van der Waals surface area contributed by atoms with Crippen molar-refractivity contribution >= 4 is 33.4 Å². The van der Waals surface area contributed by atoms with E-state index in [9.17, 15) is 17.6 Å². The fourth-order valence-corrected chi connectivity index (χ4v) is 9.59. The number of benzene rings is 2. The minimum Gasteiger partial charge on any atom is -0.366 e. The Kier molecular flexibility index (Phi) is 5.63. The molecule has 1 N–H and O–H groups in total. The zero-order valence-corrected chi connectivity index (χ0v) is 24.4. The molecule has 2 aromatic carbocycles. The van der Waals surface area contributed by atoms with Gasteiger partial charge >= 0.3 is 0 Å². The Hall–Kier alpha value is -2.49. The van der Waals surface area contributed by atoms with Gasteiger partial charge in [-0.1, -0.05) is 42.3 Å². The van der Waals surface area contributed by atoms with E-state index < -0.39 is 33.0 Å². The molecule has 0 unspecified atom stereocenters. The summed E-state index contributed by atoms with van der Waals surface area (Å²) in [7, 11) is -3.86. The van der Waals surface area contributed by atoms with Crippen LogP contribution >= 0.6 is 11.6 Å². The quantitative estimate of drug-likeness (QED) is 0.509. The van der Waals surface area contributed by atoms with Crippen molar-refractivity contribution in [1.29, 1.82) is 0 Å². The first-order valence-electron chi connectivity index (χ1n) is 14.0. The van der Waals surface area contributed by atoms with Crippen molar-refractivity contribution in [3.05, 3.63) is 64.9 Å². The summed E-state index contributed by atoms with van der Waals surface area (Å²) in [6.07, 6.45) is 5.52. The van der Waals surface area contributed by atoms with Gasteiger partial charge in [0.2, 0.25) is 15.9 Å². The number of sulfonamides is 1. The minimum absolute atomic E-state index is 0.00352. The molecule has 1 spiro atoms. The van der Waals surface area contributed by atoms with Crippen molar-refractivity contribution in [3.63, 3.8) is 0 Å². The lowest BCUT2D eigenvalue weighted by Crippen LogP contribution is -2.78. The molecule has 1 saturated heterocycles. The normalized spacial score (nSPS) is 31.0. The molecule has 5 fully saturated rings. The monoisotopic (exact) mass is 584 g/mol. The number of carbonyl (C=O) groups excluding carboxylic acids is 1. The molecule has 6 aliphatic rings. The maximum absolute atomic E-state index is 14.3. The fraction of sp³-hybridized carbons (Fsp3) is 0.533. The van der Waals surface area contributed by atoms with E-state index in [0.717, 1.165) is 18.9 Å². The third kappa shape index (κ3) is 3.80. The summed E-state index contributed by atoms with van der Waals surface area (Å²) in [5, 5.41) is 3.56. The molecule has 2 bridgehead atoms. The second-order valence-electron chi connectivity index (χ2n) is 13.4. The van der Waals surface area contributed by atoms with Crippen LogP contribution in [0.2, 0.25) is 5.02 Å². The van der Waals surface area contributed by atoms with Gasteiger partial charge < -0.3 is 10.2 Å². The van der Waals surface area contributed by atoms with Crippen LogP contribution < -0.4 is 5.32 Å². The van der Waals surface area contributed by atoms with E-state index in [2.05, 4.69) is 5.32 Å². The second kappa shape index (κ2) is 8.52. The lowest BCUT2D eigenvalue weighted by atomic mass is 9.38. The summed E-state index contributed by atoms with van der Waals surface area (Å²) < 4.78 is 43.7. The molecule has 10 heteroatoms. The highest BCUT2D eigenvalue weighted by Gasteiger charge is 2.75. The van der Waals surface area contributed by atoms with Crippen LogP contribution in [0, 0.1) is 16.6 Å². The molecule has 1 atom stereocenters. The van der Waals surface area contributed by atoms with Crippen LogP contribution in [0.4, 0.5) is 4.39 Å². The van der Waals surface area contributed by atoms with E-state index in [1.54, 1.807) is 40.7 Å². The largest absolute Gasteiger partial charge is 0.366 e. The van der Waals surface area contributed by atoms with Crippen molar-refractivity contribution in [3.8, 4) is 0 Å². The number of amides is 1. The van der Waals surface area contributed by atoms with Gasteiger partial charge in [0.25, 0.3) is 0 Å². The van der Waals surface area contributed by atoms with Crippen molar-refractivity contribution in [1.82, 2.24) is 14.5 Å². The molecule has 4 aliphatic carbocycles. The molecule has 0 radical (unpaired) electrons. The summed E-state index contributed by atoms with van der Waals surface area (Å²) >= 11 is 5.89. The van der Waals surface area contributed by atoms with E-state index >= 15 is 0 Å². The van der Waals surface area contributed by atoms with Crippen LogP contribution in [0.5, 0.6) is 0 Å². The van der Waals surface area contributed by atoms with E-state index in [0.29, 0.717) is 30.2 Å². The number of hydrogen-bond acceptors (Lipinski definition) is 5. The highest BCUT2D eigenvalue weighted by Crippen LogP contribution is 2.71. The molecule has 212 valence electrons. The van der Waals surface area contributed by atoms with Gasteiger partial charge in [-0.15, -0.1) is 0 Å². The number of likely N-dealkylation sites (tertiary alicyclic amines) is 1. The van der Waals surface area contributed by atoms with Gasteiger partial charge in [-0.25, -0.2) is 12.8 Å². The first-order chi connectivity index (χ1) is 18.9. The number of rotatable bonds is 7. The summed E-state index contributed by atoms with van der Waals surface area (Å²) in [5.41, 5.74) is -0.462. The fourth-order valence-electron chi connectivity index (χ4n) is 7.70. The third-order valence-electron chi connectivity index (χ3n) is 10.1. The first kappa shape index (κ1) is 26.4.